The molecule has 1 saturated heterocycles. The van der Waals surface area contributed by atoms with Gasteiger partial charge in [-0.15, -0.1) is 0 Å². The number of carbonyl (C=O) groups excluding carboxylic acids is 2. The molecule has 2 aromatic rings. The zero-order chi connectivity index (χ0) is 26.3. The highest BCUT2D eigenvalue weighted by atomic mass is 31.2. The summed E-state index contributed by atoms with van der Waals surface area (Å²) >= 11 is 0. The van der Waals surface area contributed by atoms with E-state index in [2.05, 4.69) is 5.32 Å². The Balaban J connectivity index is 1.61. The maximum absolute atomic E-state index is 13.3. The van der Waals surface area contributed by atoms with Gasteiger partial charge in [0.25, 0.3) is 0 Å². The van der Waals surface area contributed by atoms with E-state index in [0.717, 1.165) is 17.5 Å². The smallest absolute Gasteiger partial charge is 0.326 e. The third-order valence-corrected chi connectivity index (χ3v) is 7.51. The van der Waals surface area contributed by atoms with Crippen LogP contribution in [-0.2, 0) is 20.6 Å². The number of rotatable bonds is 11. The van der Waals surface area contributed by atoms with Gasteiger partial charge in [0, 0.05) is 18.5 Å². The van der Waals surface area contributed by atoms with Crippen LogP contribution in [0.4, 0.5) is 0 Å². The predicted octanol–water partition coefficient (Wildman–Crippen LogP) is 2.40. The number of aryl methyl sites for hydroxylation is 1. The van der Waals surface area contributed by atoms with Gasteiger partial charge in [-0.1, -0.05) is 54.6 Å². The lowest BCUT2D eigenvalue weighted by Gasteiger charge is -2.39. The summed E-state index contributed by atoms with van der Waals surface area (Å²) in [6.45, 7) is 2.31. The fraction of sp³-hybridized carbons (Fsp3) is 0.423. The van der Waals surface area contributed by atoms with Gasteiger partial charge in [-0.05, 0) is 49.8 Å². The van der Waals surface area contributed by atoms with Crippen LogP contribution in [-0.4, -0.2) is 63.5 Å². The molecule has 36 heavy (non-hydrogen) atoms. The molecule has 1 heterocycles. The van der Waals surface area contributed by atoms with Crippen LogP contribution in [0.1, 0.15) is 48.8 Å². The SMILES string of the molecule is C[C@H](NC(=O)[C@H]1C[C@@H](c2ccccc2)CCN1CCP(=O)(O)O)C(=O)CCc1ccc(C(=N)N)cc1. The number of Topliss-reactive ketones (excluding diaryl/α,β-unsaturated/α-hetero) is 1. The van der Waals surface area contributed by atoms with E-state index in [1.807, 2.05) is 47.4 Å². The number of piperidine rings is 1. The van der Waals surface area contributed by atoms with Crippen molar-refractivity contribution in [2.75, 3.05) is 19.3 Å². The third-order valence-electron chi connectivity index (χ3n) is 6.73. The van der Waals surface area contributed by atoms with Gasteiger partial charge in [0.2, 0.25) is 5.91 Å². The summed E-state index contributed by atoms with van der Waals surface area (Å²) in [4.78, 5) is 46.5. The summed E-state index contributed by atoms with van der Waals surface area (Å²) in [5.74, 6) is -0.262. The average Bonchev–Trinajstić information content (AvgIpc) is 2.86. The second kappa shape index (κ2) is 12.4. The van der Waals surface area contributed by atoms with Crippen molar-refractivity contribution < 1.29 is 23.9 Å². The molecule has 0 saturated carbocycles. The molecule has 1 fully saturated rings. The van der Waals surface area contributed by atoms with Crippen LogP contribution in [0.3, 0.4) is 0 Å². The number of nitrogens with one attached hydrogen (secondary N) is 2. The molecule has 1 amide bonds. The number of carbonyl (C=O) groups is 2. The molecular weight excluding hydrogens is 479 g/mol. The Morgan fingerprint density at radius 2 is 1.83 bits per heavy atom. The van der Waals surface area contributed by atoms with Crippen LogP contribution in [0, 0.1) is 5.41 Å². The number of amidine groups is 1. The first-order valence-electron chi connectivity index (χ1n) is 12.1. The quantitative estimate of drug-likeness (QED) is 0.175. The summed E-state index contributed by atoms with van der Waals surface area (Å²) in [7, 11) is -4.20. The minimum atomic E-state index is -4.20. The molecule has 0 radical (unpaired) electrons. The number of amides is 1. The lowest BCUT2D eigenvalue weighted by Crippen LogP contribution is -2.54. The molecule has 2 aromatic carbocycles. The van der Waals surface area contributed by atoms with E-state index in [1.54, 1.807) is 19.1 Å². The molecule has 1 aliphatic rings. The van der Waals surface area contributed by atoms with Crippen molar-refractivity contribution in [3.8, 4) is 0 Å². The van der Waals surface area contributed by atoms with E-state index in [4.69, 9.17) is 11.1 Å². The van der Waals surface area contributed by atoms with Crippen molar-refractivity contribution in [3.63, 3.8) is 0 Å². The van der Waals surface area contributed by atoms with Crippen LogP contribution >= 0.6 is 7.60 Å². The Hall–Kier alpha value is -2.84. The second-order valence-electron chi connectivity index (χ2n) is 9.38. The molecule has 10 heteroatoms. The second-order valence-corrected chi connectivity index (χ2v) is 11.2. The van der Waals surface area contributed by atoms with Gasteiger partial charge < -0.3 is 20.8 Å². The minimum Gasteiger partial charge on any atom is -0.384 e. The van der Waals surface area contributed by atoms with E-state index < -0.39 is 19.7 Å². The van der Waals surface area contributed by atoms with Crippen molar-refractivity contribution in [3.05, 3.63) is 71.3 Å². The fourth-order valence-corrected chi connectivity index (χ4v) is 5.08. The van der Waals surface area contributed by atoms with Gasteiger partial charge >= 0.3 is 7.60 Å². The Labute approximate surface area is 211 Å². The van der Waals surface area contributed by atoms with Crippen LogP contribution in [0.5, 0.6) is 0 Å². The van der Waals surface area contributed by atoms with Gasteiger partial charge in [-0.2, -0.15) is 0 Å². The van der Waals surface area contributed by atoms with Crippen molar-refractivity contribution in [1.29, 1.82) is 5.41 Å². The molecule has 1 aliphatic heterocycles. The highest BCUT2D eigenvalue weighted by Gasteiger charge is 2.35. The first-order valence-corrected chi connectivity index (χ1v) is 13.9. The van der Waals surface area contributed by atoms with Crippen LogP contribution in [0.15, 0.2) is 54.6 Å². The molecule has 3 atom stereocenters. The Morgan fingerprint density at radius 1 is 1.17 bits per heavy atom. The number of nitrogen functional groups attached to an aromatic ring is 1. The van der Waals surface area contributed by atoms with Gasteiger partial charge in [0.1, 0.15) is 5.84 Å². The van der Waals surface area contributed by atoms with E-state index in [0.29, 0.717) is 24.9 Å². The molecular formula is C26H35N4O5P. The van der Waals surface area contributed by atoms with Gasteiger partial charge in [-0.25, -0.2) is 0 Å². The number of nitrogens with zero attached hydrogens (tertiary/aromatic N) is 1. The Bertz CT molecular complexity index is 1100. The topological polar surface area (TPSA) is 157 Å². The maximum Gasteiger partial charge on any atom is 0.326 e. The monoisotopic (exact) mass is 514 g/mol. The molecule has 0 aromatic heterocycles. The van der Waals surface area contributed by atoms with Crippen LogP contribution < -0.4 is 11.1 Å². The molecule has 0 aliphatic carbocycles. The summed E-state index contributed by atoms with van der Waals surface area (Å²) < 4.78 is 11.4. The highest BCUT2D eigenvalue weighted by Crippen LogP contribution is 2.36. The Morgan fingerprint density at radius 3 is 2.44 bits per heavy atom. The first-order chi connectivity index (χ1) is 17.0. The van der Waals surface area contributed by atoms with Gasteiger partial charge in [0.05, 0.1) is 18.2 Å². The maximum atomic E-state index is 13.3. The lowest BCUT2D eigenvalue weighted by molar-refractivity contribution is -0.132. The van der Waals surface area contributed by atoms with Crippen LogP contribution in [0.25, 0.3) is 0 Å². The highest BCUT2D eigenvalue weighted by molar-refractivity contribution is 7.51. The summed E-state index contributed by atoms with van der Waals surface area (Å²) in [5.41, 5.74) is 8.16. The molecule has 194 valence electrons. The molecule has 0 bridgehead atoms. The zero-order valence-electron chi connectivity index (χ0n) is 20.5. The minimum absolute atomic E-state index is 0.0129. The van der Waals surface area contributed by atoms with Gasteiger partial charge in [-0.3, -0.25) is 24.5 Å². The molecule has 3 rings (SSSR count). The van der Waals surface area contributed by atoms with Crippen molar-refractivity contribution in [1.82, 2.24) is 10.2 Å². The third kappa shape index (κ3) is 8.10. The number of likely N-dealkylation sites (tertiary alicyclic amines) is 1. The number of benzene rings is 2. The van der Waals surface area contributed by atoms with E-state index >= 15 is 0 Å². The molecule has 6 N–H and O–H groups in total. The largest absolute Gasteiger partial charge is 0.384 e. The van der Waals surface area contributed by atoms with E-state index in [1.165, 1.54) is 0 Å². The standard InChI is InChI=1S/C26H35N4O5P/c1-18(24(31)12-9-19-7-10-21(11-8-19)25(27)28)29-26(32)23-17-22(20-5-3-2-4-6-20)13-14-30(23)15-16-36(33,34)35/h2-8,10-11,18,22-23H,9,12-17H2,1H3,(H3,27,28)(H,29,32)(H2,33,34,35)/t18-,22-,23+/m0/s1. The molecule has 0 spiro atoms. The fourth-order valence-electron chi connectivity index (χ4n) is 4.57. The van der Waals surface area contributed by atoms with Crippen molar-refractivity contribution >= 4 is 25.1 Å². The number of ketones is 1. The number of nitrogens with two attached hydrogens (primary N) is 1. The lowest BCUT2D eigenvalue weighted by atomic mass is 9.85. The van der Waals surface area contributed by atoms with Crippen molar-refractivity contribution in [2.24, 2.45) is 5.73 Å². The average molecular weight is 515 g/mol. The predicted molar refractivity (Wildman–Crippen MR) is 139 cm³/mol. The van der Waals surface area contributed by atoms with E-state index in [-0.39, 0.29) is 42.6 Å². The zero-order valence-corrected chi connectivity index (χ0v) is 21.4. The molecule has 0 unspecified atom stereocenters. The van der Waals surface area contributed by atoms with Crippen molar-refractivity contribution in [2.45, 2.75) is 50.6 Å². The first kappa shape index (κ1) is 27.7. The summed E-state index contributed by atoms with van der Waals surface area (Å²) in [6, 6.07) is 15.8. The van der Waals surface area contributed by atoms with E-state index in [9.17, 15) is 23.9 Å². The van der Waals surface area contributed by atoms with Gasteiger partial charge in [0.15, 0.2) is 5.78 Å². The Kier molecular flexibility index (Phi) is 9.56. The summed E-state index contributed by atoms with van der Waals surface area (Å²) in [5, 5.41) is 10.3. The number of hydrogen-bond donors (Lipinski definition) is 5. The number of hydrogen-bond acceptors (Lipinski definition) is 5. The van der Waals surface area contributed by atoms with Crippen LogP contribution in [0.2, 0.25) is 0 Å². The normalized spacial score (nSPS) is 19.4. The molecule has 9 nitrogen and oxygen atoms in total. The summed E-state index contributed by atoms with van der Waals surface area (Å²) in [6.07, 6.45) is 1.74.